The second kappa shape index (κ2) is 9.80. The van der Waals surface area contributed by atoms with Gasteiger partial charge >= 0.3 is 6.18 Å². The zero-order valence-electron chi connectivity index (χ0n) is 15.8. The highest BCUT2D eigenvalue weighted by molar-refractivity contribution is 5.97. The smallest absolute Gasteiger partial charge is 0.420 e. The number of benzene rings is 1. The number of unbranched alkanes of at least 4 members (excludes halogenated alkanes) is 1. The van der Waals surface area contributed by atoms with Gasteiger partial charge in [-0.2, -0.15) is 13.2 Å². The van der Waals surface area contributed by atoms with E-state index in [0.29, 0.717) is 13.0 Å². The number of hydrogen-bond acceptors (Lipinski definition) is 3. The summed E-state index contributed by atoms with van der Waals surface area (Å²) in [5.74, 6) is -0.703. The molecular weight excluding hydrogens is 347 g/mol. The maximum absolute atomic E-state index is 13.2. The summed E-state index contributed by atoms with van der Waals surface area (Å²) in [6.07, 6.45) is -1.66. The molecule has 0 saturated carbocycles. The first kappa shape index (κ1) is 22.3. The Kier molecular flexibility index (Phi) is 8.40. The van der Waals surface area contributed by atoms with Crippen molar-refractivity contribution in [1.29, 1.82) is 0 Å². The van der Waals surface area contributed by atoms with E-state index in [1.165, 1.54) is 12.1 Å². The van der Waals surface area contributed by atoms with Crippen molar-refractivity contribution in [3.63, 3.8) is 0 Å². The monoisotopic (exact) mass is 375 g/mol. The molecule has 1 N–H and O–H groups in total. The fourth-order valence-electron chi connectivity index (χ4n) is 2.47. The van der Waals surface area contributed by atoms with Crippen LogP contribution < -0.4 is 10.1 Å². The third-order valence-electron chi connectivity index (χ3n) is 3.96. The molecule has 0 aliphatic rings. The average Bonchev–Trinajstić information content (AvgIpc) is 2.58. The van der Waals surface area contributed by atoms with Gasteiger partial charge in [0.1, 0.15) is 11.4 Å². The molecule has 1 amide bonds. The molecule has 1 atom stereocenters. The number of nitrogens with one attached hydrogen (secondary N) is 1. The van der Waals surface area contributed by atoms with Crippen molar-refractivity contribution < 1.29 is 27.4 Å². The van der Waals surface area contributed by atoms with E-state index in [9.17, 15) is 18.0 Å². The molecule has 7 heteroatoms. The number of alkyl halides is 3. The summed E-state index contributed by atoms with van der Waals surface area (Å²) in [6.45, 7) is 7.74. The van der Waals surface area contributed by atoms with Crippen molar-refractivity contribution in [2.24, 2.45) is 0 Å². The number of anilines is 1. The Morgan fingerprint density at radius 1 is 1.15 bits per heavy atom. The highest BCUT2D eigenvalue weighted by Crippen LogP contribution is 2.38. The predicted octanol–water partition coefficient (Wildman–Crippen LogP) is 5.42. The molecule has 0 saturated heterocycles. The van der Waals surface area contributed by atoms with Crippen LogP contribution in [0.25, 0.3) is 0 Å². The van der Waals surface area contributed by atoms with E-state index < -0.39 is 23.2 Å². The van der Waals surface area contributed by atoms with Crippen molar-refractivity contribution in [3.8, 4) is 5.75 Å². The molecule has 26 heavy (non-hydrogen) atoms. The Morgan fingerprint density at radius 2 is 1.85 bits per heavy atom. The largest absolute Gasteiger partial charge is 0.493 e. The quantitative estimate of drug-likeness (QED) is 0.594. The van der Waals surface area contributed by atoms with Gasteiger partial charge in [0.05, 0.1) is 12.2 Å². The molecule has 0 spiro atoms. The zero-order valence-corrected chi connectivity index (χ0v) is 15.8. The zero-order chi connectivity index (χ0) is 19.8. The number of rotatable bonds is 10. The van der Waals surface area contributed by atoms with Crippen LogP contribution in [-0.4, -0.2) is 24.7 Å². The Bertz CT molecular complexity index is 580. The number of halogens is 3. The molecule has 1 unspecified atom stereocenters. The third kappa shape index (κ3) is 6.20. The summed E-state index contributed by atoms with van der Waals surface area (Å²) in [4.78, 5) is 12.7. The van der Waals surface area contributed by atoms with Crippen LogP contribution in [0, 0.1) is 0 Å². The molecule has 0 radical (unpaired) electrons. The Hall–Kier alpha value is -1.76. The summed E-state index contributed by atoms with van der Waals surface area (Å²) in [6, 6.07) is 3.51. The number of hydrogen-bond donors (Lipinski definition) is 1. The van der Waals surface area contributed by atoms with Gasteiger partial charge in [-0.1, -0.05) is 26.7 Å². The molecule has 0 bridgehead atoms. The molecular formula is C19H28F3NO3. The highest BCUT2D eigenvalue weighted by Gasteiger charge is 2.36. The van der Waals surface area contributed by atoms with Crippen molar-refractivity contribution >= 4 is 11.6 Å². The molecule has 0 fully saturated rings. The third-order valence-corrected chi connectivity index (χ3v) is 3.96. The van der Waals surface area contributed by atoms with Crippen LogP contribution in [0.2, 0.25) is 0 Å². The molecule has 4 nitrogen and oxygen atoms in total. The van der Waals surface area contributed by atoms with Gasteiger partial charge in [-0.25, -0.2) is 0 Å². The van der Waals surface area contributed by atoms with Crippen LogP contribution in [0.15, 0.2) is 18.2 Å². The van der Waals surface area contributed by atoms with Gasteiger partial charge in [0, 0.05) is 12.3 Å². The fourth-order valence-corrected chi connectivity index (χ4v) is 2.47. The summed E-state index contributed by atoms with van der Waals surface area (Å²) in [5.41, 5.74) is -1.93. The minimum atomic E-state index is -4.57. The minimum absolute atomic E-state index is 0.0635. The summed E-state index contributed by atoms with van der Waals surface area (Å²) in [5, 5.41) is 2.56. The fraction of sp³-hybridized carbons (Fsp3) is 0.632. The standard InChI is InChI=1S/C19H28F3NO3/c1-5-8-11-18(4,26-12-6-2)17(24)23-14-9-10-16(25-7-3)15(13-14)19(20,21)22/h9-10,13H,5-8,11-12H2,1-4H3,(H,23,24). The van der Waals surface area contributed by atoms with E-state index in [1.54, 1.807) is 13.8 Å². The number of carbonyl (C=O) groups excluding carboxylic acids is 1. The first-order valence-electron chi connectivity index (χ1n) is 8.97. The second-order valence-corrected chi connectivity index (χ2v) is 6.28. The minimum Gasteiger partial charge on any atom is -0.493 e. The SMILES string of the molecule is CCCCC(C)(OCCC)C(=O)Nc1ccc(OCC)c(C(F)(F)F)c1. The van der Waals surface area contributed by atoms with Crippen LogP contribution in [0.4, 0.5) is 18.9 Å². The van der Waals surface area contributed by atoms with Gasteiger partial charge in [-0.15, -0.1) is 0 Å². The maximum Gasteiger partial charge on any atom is 0.420 e. The van der Waals surface area contributed by atoms with Gasteiger partial charge in [0.2, 0.25) is 0 Å². The lowest BCUT2D eigenvalue weighted by Gasteiger charge is -2.29. The second-order valence-electron chi connectivity index (χ2n) is 6.28. The number of carbonyl (C=O) groups is 1. The van der Waals surface area contributed by atoms with E-state index in [1.807, 2.05) is 13.8 Å². The van der Waals surface area contributed by atoms with Gasteiger partial charge < -0.3 is 14.8 Å². The van der Waals surface area contributed by atoms with E-state index >= 15 is 0 Å². The Balaban J connectivity index is 3.05. The summed E-state index contributed by atoms with van der Waals surface area (Å²) < 4.78 is 50.5. The lowest BCUT2D eigenvalue weighted by Crippen LogP contribution is -2.43. The Morgan fingerprint density at radius 3 is 2.38 bits per heavy atom. The lowest BCUT2D eigenvalue weighted by atomic mass is 9.97. The van der Waals surface area contributed by atoms with Crippen molar-refractivity contribution in [2.45, 2.75) is 65.2 Å². The molecule has 1 aromatic carbocycles. The van der Waals surface area contributed by atoms with Crippen LogP contribution in [0.3, 0.4) is 0 Å². The van der Waals surface area contributed by atoms with Gasteiger partial charge in [0.25, 0.3) is 5.91 Å². The van der Waals surface area contributed by atoms with Crippen LogP contribution >= 0.6 is 0 Å². The highest BCUT2D eigenvalue weighted by atomic mass is 19.4. The summed E-state index contributed by atoms with van der Waals surface area (Å²) >= 11 is 0. The van der Waals surface area contributed by atoms with Crippen molar-refractivity contribution in [2.75, 3.05) is 18.5 Å². The lowest BCUT2D eigenvalue weighted by molar-refractivity contribution is -0.141. The van der Waals surface area contributed by atoms with E-state index in [-0.39, 0.29) is 18.0 Å². The molecule has 0 aliphatic carbocycles. The predicted molar refractivity (Wildman–Crippen MR) is 95.4 cm³/mol. The van der Waals surface area contributed by atoms with Crippen molar-refractivity contribution in [3.05, 3.63) is 23.8 Å². The van der Waals surface area contributed by atoms with Crippen LogP contribution in [-0.2, 0) is 15.7 Å². The van der Waals surface area contributed by atoms with Gasteiger partial charge in [-0.3, -0.25) is 4.79 Å². The van der Waals surface area contributed by atoms with Crippen molar-refractivity contribution in [1.82, 2.24) is 0 Å². The summed E-state index contributed by atoms with van der Waals surface area (Å²) in [7, 11) is 0. The topological polar surface area (TPSA) is 47.6 Å². The molecule has 1 aromatic rings. The normalized spacial score (nSPS) is 14.0. The van der Waals surface area contributed by atoms with E-state index in [0.717, 1.165) is 25.3 Å². The Labute approximate surface area is 153 Å². The van der Waals surface area contributed by atoms with E-state index in [2.05, 4.69) is 5.32 Å². The van der Waals surface area contributed by atoms with Crippen LogP contribution in [0.1, 0.15) is 58.9 Å². The van der Waals surface area contributed by atoms with E-state index in [4.69, 9.17) is 9.47 Å². The average molecular weight is 375 g/mol. The molecule has 1 rings (SSSR count). The molecule has 0 aromatic heterocycles. The van der Waals surface area contributed by atoms with Gasteiger partial charge in [0.15, 0.2) is 0 Å². The first-order valence-corrected chi connectivity index (χ1v) is 8.97. The van der Waals surface area contributed by atoms with Gasteiger partial charge in [-0.05, 0) is 44.9 Å². The van der Waals surface area contributed by atoms with Crippen LogP contribution in [0.5, 0.6) is 5.75 Å². The maximum atomic E-state index is 13.2. The molecule has 0 aliphatic heterocycles. The molecule has 0 heterocycles. The number of ether oxygens (including phenoxy) is 2. The molecule has 148 valence electrons. The first-order chi connectivity index (χ1) is 12.2. The number of amides is 1.